The van der Waals surface area contributed by atoms with E-state index < -0.39 is 0 Å². The highest BCUT2D eigenvalue weighted by Crippen LogP contribution is 2.19. The largest absolute Gasteiger partial charge is 0.441 e. The number of hydrogen-bond acceptors (Lipinski definition) is 4. The van der Waals surface area contributed by atoms with Gasteiger partial charge in [0.05, 0.1) is 0 Å². The van der Waals surface area contributed by atoms with E-state index >= 15 is 0 Å². The molecule has 19 heavy (non-hydrogen) atoms. The van der Waals surface area contributed by atoms with Gasteiger partial charge in [-0.1, -0.05) is 6.07 Å². The van der Waals surface area contributed by atoms with Gasteiger partial charge in [0, 0.05) is 31.6 Å². The van der Waals surface area contributed by atoms with E-state index in [1.54, 1.807) is 0 Å². The number of hydrogen-bond donors (Lipinski definition) is 2. The molecule has 0 aliphatic carbocycles. The number of nitrogens with zero attached hydrogens (tertiary/aromatic N) is 1. The van der Waals surface area contributed by atoms with Gasteiger partial charge in [0.2, 0.25) is 0 Å². The molecule has 4 nitrogen and oxygen atoms in total. The summed E-state index contributed by atoms with van der Waals surface area (Å²) in [7, 11) is 0. The van der Waals surface area contributed by atoms with E-state index in [1.165, 1.54) is 5.56 Å². The summed E-state index contributed by atoms with van der Waals surface area (Å²) in [6, 6.07) is 6.76. The van der Waals surface area contributed by atoms with E-state index in [4.69, 9.17) is 4.42 Å². The molecule has 102 valence electrons. The zero-order valence-corrected chi connectivity index (χ0v) is 11.8. The average Bonchev–Trinajstić information content (AvgIpc) is 2.87. The fraction of sp³-hybridized carbons (Fsp3) is 0.533. The molecule has 1 saturated heterocycles. The fourth-order valence-corrected chi connectivity index (χ4v) is 2.76. The first kappa shape index (κ1) is 12.6. The van der Waals surface area contributed by atoms with Gasteiger partial charge in [-0.25, -0.2) is 4.98 Å². The van der Waals surface area contributed by atoms with Gasteiger partial charge in [0.15, 0.2) is 11.5 Å². The van der Waals surface area contributed by atoms with Crippen LogP contribution < -0.4 is 10.6 Å². The molecule has 1 atom stereocenters. The van der Waals surface area contributed by atoms with Crippen LogP contribution in [-0.4, -0.2) is 23.1 Å². The molecule has 2 N–H and O–H groups in total. The first-order valence-electron chi connectivity index (χ1n) is 6.86. The number of benzene rings is 1. The van der Waals surface area contributed by atoms with Crippen LogP contribution in [-0.2, 0) is 6.54 Å². The molecule has 2 aromatic rings. The van der Waals surface area contributed by atoms with Crippen molar-refractivity contribution >= 4 is 11.1 Å². The third kappa shape index (κ3) is 2.80. The number of fused-ring (bicyclic) bond motifs is 1. The molecule has 1 aliphatic heterocycles. The zero-order valence-electron chi connectivity index (χ0n) is 11.8. The minimum absolute atomic E-state index is 0.255. The highest BCUT2D eigenvalue weighted by molar-refractivity contribution is 5.73. The van der Waals surface area contributed by atoms with Crippen LogP contribution in [0.1, 0.15) is 31.7 Å². The van der Waals surface area contributed by atoms with Crippen molar-refractivity contribution in [3.63, 3.8) is 0 Å². The van der Waals surface area contributed by atoms with Crippen LogP contribution in [0.4, 0.5) is 0 Å². The van der Waals surface area contributed by atoms with E-state index in [0.717, 1.165) is 36.5 Å². The molecule has 0 bridgehead atoms. The number of rotatable bonds is 3. The fourth-order valence-electron chi connectivity index (χ4n) is 2.76. The average molecular weight is 259 g/mol. The molecule has 1 aromatic heterocycles. The molecule has 0 amide bonds. The maximum absolute atomic E-state index is 5.49. The van der Waals surface area contributed by atoms with E-state index in [9.17, 15) is 0 Å². The van der Waals surface area contributed by atoms with Crippen LogP contribution in [0.15, 0.2) is 22.6 Å². The summed E-state index contributed by atoms with van der Waals surface area (Å²) in [6.07, 6.45) is 1.16. The van der Waals surface area contributed by atoms with Gasteiger partial charge >= 0.3 is 0 Å². The highest BCUT2D eigenvalue weighted by atomic mass is 16.3. The lowest BCUT2D eigenvalue weighted by Gasteiger charge is -2.17. The quantitative estimate of drug-likeness (QED) is 0.888. The van der Waals surface area contributed by atoms with Crippen molar-refractivity contribution < 1.29 is 4.42 Å². The van der Waals surface area contributed by atoms with Gasteiger partial charge in [-0.15, -0.1) is 0 Å². The minimum atomic E-state index is 0.255. The Bertz CT molecular complexity index is 588. The zero-order chi connectivity index (χ0) is 13.5. The Hall–Kier alpha value is -1.39. The maximum atomic E-state index is 5.49. The maximum Gasteiger partial charge on any atom is 0.192 e. The Morgan fingerprint density at radius 1 is 1.47 bits per heavy atom. The smallest absolute Gasteiger partial charge is 0.192 e. The first-order valence-corrected chi connectivity index (χ1v) is 6.86. The highest BCUT2D eigenvalue weighted by Gasteiger charge is 2.29. The van der Waals surface area contributed by atoms with Gasteiger partial charge in [0.1, 0.15) is 5.52 Å². The molecular weight excluding hydrogens is 238 g/mol. The van der Waals surface area contributed by atoms with Crippen molar-refractivity contribution in [2.75, 3.05) is 6.54 Å². The monoisotopic (exact) mass is 259 g/mol. The van der Waals surface area contributed by atoms with Gasteiger partial charge in [-0.3, -0.25) is 0 Å². The summed E-state index contributed by atoms with van der Waals surface area (Å²) < 4.78 is 5.49. The third-order valence-electron chi connectivity index (χ3n) is 3.74. The van der Waals surface area contributed by atoms with E-state index in [1.807, 2.05) is 13.0 Å². The topological polar surface area (TPSA) is 50.1 Å². The second-order valence-corrected chi connectivity index (χ2v) is 6.08. The molecule has 0 spiro atoms. The van der Waals surface area contributed by atoms with Crippen LogP contribution in [0.25, 0.3) is 11.1 Å². The number of nitrogens with one attached hydrogen (secondary N) is 2. The lowest BCUT2D eigenvalue weighted by atomic mass is 10.0. The summed E-state index contributed by atoms with van der Waals surface area (Å²) >= 11 is 0. The van der Waals surface area contributed by atoms with Crippen molar-refractivity contribution in [1.29, 1.82) is 0 Å². The number of oxazole rings is 1. The Labute approximate surface area is 113 Å². The van der Waals surface area contributed by atoms with Gasteiger partial charge in [-0.2, -0.15) is 0 Å². The molecule has 4 heteroatoms. The van der Waals surface area contributed by atoms with Crippen molar-refractivity contribution in [2.45, 2.75) is 45.3 Å². The normalized spacial score (nSPS) is 22.2. The predicted octanol–water partition coefficient (Wildman–Crippen LogP) is 2.37. The second kappa shape index (κ2) is 4.62. The molecular formula is C15H21N3O. The molecule has 1 aromatic carbocycles. The van der Waals surface area contributed by atoms with E-state index in [2.05, 4.69) is 41.6 Å². The summed E-state index contributed by atoms with van der Waals surface area (Å²) in [5, 5.41) is 7.13. The molecule has 1 aliphatic rings. The Morgan fingerprint density at radius 2 is 2.32 bits per heavy atom. The third-order valence-corrected chi connectivity index (χ3v) is 3.74. The van der Waals surface area contributed by atoms with E-state index in [0.29, 0.717) is 6.04 Å². The van der Waals surface area contributed by atoms with Crippen LogP contribution in [0.2, 0.25) is 0 Å². The van der Waals surface area contributed by atoms with Crippen LogP contribution in [0.3, 0.4) is 0 Å². The van der Waals surface area contributed by atoms with Crippen LogP contribution in [0, 0.1) is 6.92 Å². The van der Waals surface area contributed by atoms with Crippen molar-refractivity contribution in [1.82, 2.24) is 15.6 Å². The number of aryl methyl sites for hydroxylation is 1. The molecule has 1 unspecified atom stereocenters. The standard InChI is InChI=1S/C15H21N3O/c1-10-18-13-6-11(4-5-14(13)19-10)8-16-12-7-15(2,3)17-9-12/h4-6,12,16-17H,7-9H2,1-3H3. The Morgan fingerprint density at radius 3 is 3.05 bits per heavy atom. The summed E-state index contributed by atoms with van der Waals surface area (Å²) in [4.78, 5) is 4.37. The van der Waals surface area contributed by atoms with Crippen molar-refractivity contribution in [3.8, 4) is 0 Å². The molecule has 0 radical (unpaired) electrons. The van der Waals surface area contributed by atoms with Crippen LogP contribution >= 0.6 is 0 Å². The van der Waals surface area contributed by atoms with Gasteiger partial charge in [-0.05, 0) is 38.0 Å². The predicted molar refractivity (Wildman–Crippen MR) is 76.1 cm³/mol. The second-order valence-electron chi connectivity index (χ2n) is 6.08. The van der Waals surface area contributed by atoms with Crippen molar-refractivity contribution in [3.05, 3.63) is 29.7 Å². The van der Waals surface area contributed by atoms with Crippen molar-refractivity contribution in [2.24, 2.45) is 0 Å². The van der Waals surface area contributed by atoms with Gasteiger partial charge in [0.25, 0.3) is 0 Å². The lowest BCUT2D eigenvalue weighted by Crippen LogP contribution is -2.31. The summed E-state index contributed by atoms with van der Waals surface area (Å²) in [6.45, 7) is 8.30. The molecule has 2 heterocycles. The lowest BCUT2D eigenvalue weighted by molar-refractivity contribution is 0.442. The Kier molecular flexibility index (Phi) is 3.07. The minimum Gasteiger partial charge on any atom is -0.441 e. The summed E-state index contributed by atoms with van der Waals surface area (Å²) in [5.74, 6) is 0.724. The summed E-state index contributed by atoms with van der Waals surface area (Å²) in [5.41, 5.74) is 3.32. The SMILES string of the molecule is Cc1nc2cc(CNC3CNC(C)(C)C3)ccc2o1. The van der Waals surface area contributed by atoms with Crippen LogP contribution in [0.5, 0.6) is 0 Å². The first-order chi connectivity index (χ1) is 9.02. The number of aromatic nitrogens is 1. The molecule has 3 rings (SSSR count). The Balaban J connectivity index is 1.65. The molecule has 1 fully saturated rings. The van der Waals surface area contributed by atoms with E-state index in [-0.39, 0.29) is 5.54 Å². The molecule has 0 saturated carbocycles. The van der Waals surface area contributed by atoms with Gasteiger partial charge < -0.3 is 15.1 Å².